The van der Waals surface area contributed by atoms with Crippen molar-refractivity contribution in [2.24, 2.45) is 11.8 Å². The molecule has 0 aliphatic heterocycles. The lowest BCUT2D eigenvalue weighted by atomic mass is 9.78. The van der Waals surface area contributed by atoms with Gasteiger partial charge in [0.2, 0.25) is 0 Å². The summed E-state index contributed by atoms with van der Waals surface area (Å²) in [5, 5.41) is 4.83. The van der Waals surface area contributed by atoms with Crippen molar-refractivity contribution < 1.29 is 19.1 Å². The first-order valence-electron chi connectivity index (χ1n) is 8.95. The largest absolute Gasteiger partial charge is 0.453 e. The Bertz CT molecular complexity index is 599. The molecular formula is C19H27NO4S. The Labute approximate surface area is 153 Å². The van der Waals surface area contributed by atoms with Crippen LogP contribution in [0.15, 0.2) is 17.5 Å². The van der Waals surface area contributed by atoms with Gasteiger partial charge in [-0.15, -0.1) is 11.3 Å². The lowest BCUT2D eigenvalue weighted by molar-refractivity contribution is -0.155. The molecule has 0 saturated heterocycles. The highest BCUT2D eigenvalue weighted by atomic mass is 32.1. The Balaban J connectivity index is 1.74. The highest BCUT2D eigenvalue weighted by Crippen LogP contribution is 2.29. The zero-order valence-corrected chi connectivity index (χ0v) is 15.9. The third-order valence-electron chi connectivity index (χ3n) is 5.06. The third-order valence-corrected chi connectivity index (χ3v) is 5.98. The smallest absolute Gasteiger partial charge is 0.307 e. The van der Waals surface area contributed by atoms with Crippen molar-refractivity contribution in [1.29, 1.82) is 0 Å². The Hall–Kier alpha value is -1.69. The molecule has 25 heavy (non-hydrogen) atoms. The monoisotopic (exact) mass is 365 g/mol. The van der Waals surface area contributed by atoms with Crippen LogP contribution in [0.3, 0.4) is 0 Å². The Morgan fingerprint density at radius 3 is 2.72 bits per heavy atom. The summed E-state index contributed by atoms with van der Waals surface area (Å²) in [6.07, 6.45) is 2.52. The summed E-state index contributed by atoms with van der Waals surface area (Å²) in [5.41, 5.74) is 0. The van der Waals surface area contributed by atoms with E-state index in [0.29, 0.717) is 16.7 Å². The Morgan fingerprint density at radius 1 is 1.28 bits per heavy atom. The molecule has 138 valence electrons. The van der Waals surface area contributed by atoms with Crippen molar-refractivity contribution in [2.45, 2.75) is 65.0 Å². The van der Waals surface area contributed by atoms with Gasteiger partial charge in [0.15, 0.2) is 11.9 Å². The molecule has 1 amide bonds. The number of ketones is 1. The van der Waals surface area contributed by atoms with Crippen LogP contribution in [-0.4, -0.2) is 29.8 Å². The van der Waals surface area contributed by atoms with Crippen LogP contribution in [0.4, 0.5) is 0 Å². The lowest BCUT2D eigenvalue weighted by Crippen LogP contribution is -2.47. The van der Waals surface area contributed by atoms with E-state index >= 15 is 0 Å². The molecule has 1 aromatic heterocycles. The third kappa shape index (κ3) is 5.66. The molecule has 1 N–H and O–H groups in total. The molecule has 0 unspecified atom stereocenters. The number of Topliss-reactive ketones (excluding diaryl/α,β-unsaturated/α-hetero) is 1. The normalized spacial score (nSPS) is 24.4. The maximum absolute atomic E-state index is 12.3. The van der Waals surface area contributed by atoms with E-state index in [1.807, 2.05) is 5.38 Å². The summed E-state index contributed by atoms with van der Waals surface area (Å²) in [7, 11) is 0. The molecule has 1 saturated carbocycles. The maximum atomic E-state index is 12.3. The summed E-state index contributed by atoms with van der Waals surface area (Å²) < 4.78 is 5.18. The van der Waals surface area contributed by atoms with E-state index in [2.05, 4.69) is 19.2 Å². The van der Waals surface area contributed by atoms with Gasteiger partial charge >= 0.3 is 5.97 Å². The van der Waals surface area contributed by atoms with Crippen LogP contribution in [0.5, 0.6) is 0 Å². The van der Waals surface area contributed by atoms with Gasteiger partial charge in [-0.05, 0) is 36.6 Å². The molecule has 1 aromatic rings. The number of hydrogen-bond donors (Lipinski definition) is 1. The van der Waals surface area contributed by atoms with E-state index in [4.69, 9.17) is 4.74 Å². The van der Waals surface area contributed by atoms with E-state index in [9.17, 15) is 14.4 Å². The molecule has 4 atom stereocenters. The summed E-state index contributed by atoms with van der Waals surface area (Å²) >= 11 is 1.36. The SMILES string of the molecule is C[C@H]1[C@@H](NC(=O)[C@@H](C)OC(=O)CCC(=O)c2cccs2)CCC[C@@H]1C. The van der Waals surface area contributed by atoms with E-state index in [1.165, 1.54) is 17.8 Å². The number of ether oxygens (including phenoxy) is 1. The first-order valence-corrected chi connectivity index (χ1v) is 9.83. The van der Waals surface area contributed by atoms with Crippen molar-refractivity contribution >= 4 is 29.0 Å². The minimum absolute atomic E-state index is 0.00871. The molecule has 1 aliphatic rings. The number of thiophene rings is 1. The molecule has 5 nitrogen and oxygen atoms in total. The molecule has 1 heterocycles. The maximum Gasteiger partial charge on any atom is 0.307 e. The second-order valence-corrected chi connectivity index (χ2v) is 7.86. The number of carbonyl (C=O) groups excluding carboxylic acids is 3. The lowest BCUT2D eigenvalue weighted by Gasteiger charge is -2.35. The number of nitrogens with one attached hydrogen (secondary N) is 1. The molecule has 0 radical (unpaired) electrons. The average molecular weight is 365 g/mol. The highest BCUT2D eigenvalue weighted by molar-refractivity contribution is 7.12. The Morgan fingerprint density at radius 2 is 2.04 bits per heavy atom. The predicted molar refractivity (Wildman–Crippen MR) is 97.5 cm³/mol. The van der Waals surface area contributed by atoms with Gasteiger partial charge in [0.05, 0.1) is 11.3 Å². The zero-order chi connectivity index (χ0) is 18.4. The number of hydrogen-bond acceptors (Lipinski definition) is 5. The second kappa shape index (κ2) is 9.13. The van der Waals surface area contributed by atoms with Crippen LogP contribution in [0.25, 0.3) is 0 Å². The van der Waals surface area contributed by atoms with Gasteiger partial charge in [0.1, 0.15) is 0 Å². The number of amides is 1. The van der Waals surface area contributed by atoms with Gasteiger partial charge in [-0.25, -0.2) is 0 Å². The summed E-state index contributed by atoms with van der Waals surface area (Å²) in [6.45, 7) is 5.93. The van der Waals surface area contributed by atoms with E-state index < -0.39 is 12.1 Å². The van der Waals surface area contributed by atoms with E-state index in [1.54, 1.807) is 19.1 Å². The van der Waals surface area contributed by atoms with E-state index in [-0.39, 0.29) is 30.6 Å². The first kappa shape index (κ1) is 19.6. The minimum atomic E-state index is -0.839. The molecule has 1 aliphatic carbocycles. The second-order valence-electron chi connectivity index (χ2n) is 6.91. The summed E-state index contributed by atoms with van der Waals surface area (Å²) in [6, 6.07) is 3.68. The van der Waals surface area contributed by atoms with Crippen LogP contribution >= 0.6 is 11.3 Å². The van der Waals surface area contributed by atoms with Crippen molar-refractivity contribution in [3.05, 3.63) is 22.4 Å². The van der Waals surface area contributed by atoms with Crippen LogP contribution in [0.1, 0.15) is 62.5 Å². The number of carbonyl (C=O) groups is 3. The number of esters is 1. The van der Waals surface area contributed by atoms with Crippen molar-refractivity contribution in [1.82, 2.24) is 5.32 Å². The molecule has 2 rings (SSSR count). The molecule has 6 heteroatoms. The van der Waals surface area contributed by atoms with Crippen LogP contribution in [0, 0.1) is 11.8 Å². The molecule has 0 spiro atoms. The molecule has 0 aromatic carbocycles. The average Bonchev–Trinajstić information content (AvgIpc) is 3.11. The van der Waals surface area contributed by atoms with Crippen molar-refractivity contribution in [3.8, 4) is 0 Å². The van der Waals surface area contributed by atoms with Gasteiger partial charge in [0, 0.05) is 12.5 Å². The molecule has 0 bridgehead atoms. The van der Waals surface area contributed by atoms with Crippen LogP contribution in [-0.2, 0) is 14.3 Å². The van der Waals surface area contributed by atoms with Gasteiger partial charge < -0.3 is 10.1 Å². The Kier molecular flexibility index (Phi) is 7.17. The first-order chi connectivity index (χ1) is 11.9. The fraction of sp³-hybridized carbons (Fsp3) is 0.632. The number of rotatable bonds is 7. The van der Waals surface area contributed by atoms with Crippen LogP contribution in [0.2, 0.25) is 0 Å². The van der Waals surface area contributed by atoms with Crippen LogP contribution < -0.4 is 5.32 Å². The fourth-order valence-electron chi connectivity index (χ4n) is 3.17. The minimum Gasteiger partial charge on any atom is -0.453 e. The fourth-order valence-corrected chi connectivity index (χ4v) is 3.87. The van der Waals surface area contributed by atoms with Gasteiger partial charge in [-0.2, -0.15) is 0 Å². The summed E-state index contributed by atoms with van der Waals surface area (Å²) in [4.78, 5) is 36.7. The molecular weight excluding hydrogens is 338 g/mol. The summed E-state index contributed by atoms with van der Waals surface area (Å²) in [5.74, 6) is 0.153. The zero-order valence-electron chi connectivity index (χ0n) is 15.1. The van der Waals surface area contributed by atoms with Gasteiger partial charge in [-0.1, -0.05) is 32.8 Å². The molecule has 1 fully saturated rings. The predicted octanol–water partition coefficient (Wildman–Crippen LogP) is 3.58. The highest BCUT2D eigenvalue weighted by Gasteiger charge is 2.30. The van der Waals surface area contributed by atoms with Gasteiger partial charge in [0.25, 0.3) is 5.91 Å². The van der Waals surface area contributed by atoms with Crippen molar-refractivity contribution in [2.75, 3.05) is 0 Å². The van der Waals surface area contributed by atoms with E-state index in [0.717, 1.165) is 12.8 Å². The van der Waals surface area contributed by atoms with Gasteiger partial charge in [-0.3, -0.25) is 14.4 Å². The van der Waals surface area contributed by atoms with Crippen molar-refractivity contribution in [3.63, 3.8) is 0 Å². The quantitative estimate of drug-likeness (QED) is 0.592. The topological polar surface area (TPSA) is 72.5 Å². The standard InChI is InChI=1S/C19H27NO4S/c1-12-6-4-7-15(13(12)2)20-19(23)14(3)24-18(22)10-9-16(21)17-8-5-11-25-17/h5,8,11-15H,4,6-7,9-10H2,1-3H3,(H,20,23)/t12-,13+,14+,15-/m0/s1.